The quantitative estimate of drug-likeness (QED) is 0.810. The summed E-state index contributed by atoms with van der Waals surface area (Å²) in [5, 5.41) is 3.51. The van der Waals surface area contributed by atoms with Gasteiger partial charge in [-0.2, -0.15) is 0 Å². The zero-order valence-electron chi connectivity index (χ0n) is 12.5. The monoisotopic (exact) mass is 283 g/mol. The van der Waals surface area contributed by atoms with E-state index >= 15 is 0 Å². The molecule has 1 fully saturated rings. The maximum Gasteiger partial charge on any atom is 0.123 e. The smallest absolute Gasteiger partial charge is 0.123 e. The maximum atomic E-state index is 13.6. The van der Waals surface area contributed by atoms with Gasteiger partial charge in [-0.15, -0.1) is 0 Å². The Labute approximate surface area is 126 Å². The third-order valence-corrected chi connectivity index (χ3v) is 4.03. The van der Waals surface area contributed by atoms with Gasteiger partial charge < -0.3 is 5.32 Å². The topological polar surface area (TPSA) is 12.0 Å². The van der Waals surface area contributed by atoms with Crippen molar-refractivity contribution in [2.45, 2.75) is 45.2 Å². The molecule has 1 aliphatic rings. The highest BCUT2D eigenvalue weighted by atomic mass is 19.1. The van der Waals surface area contributed by atoms with Crippen molar-refractivity contribution in [1.82, 2.24) is 5.32 Å². The molecule has 110 valence electrons. The Balaban J connectivity index is 1.85. The Morgan fingerprint density at radius 2 is 1.86 bits per heavy atom. The van der Waals surface area contributed by atoms with Crippen molar-refractivity contribution < 1.29 is 4.39 Å². The average Bonchev–Trinajstić information content (AvgIpc) is 3.31. The first-order valence-electron chi connectivity index (χ1n) is 7.87. The summed E-state index contributed by atoms with van der Waals surface area (Å²) < 4.78 is 13.6. The Morgan fingerprint density at radius 1 is 1.10 bits per heavy atom. The van der Waals surface area contributed by atoms with Crippen LogP contribution in [0.1, 0.15) is 37.3 Å². The van der Waals surface area contributed by atoms with Crippen LogP contribution in [0, 0.1) is 5.82 Å². The highest BCUT2D eigenvalue weighted by Crippen LogP contribution is 2.27. The minimum atomic E-state index is -0.169. The van der Waals surface area contributed by atoms with E-state index in [1.807, 2.05) is 6.07 Å². The van der Waals surface area contributed by atoms with E-state index in [4.69, 9.17) is 0 Å². The van der Waals surface area contributed by atoms with Gasteiger partial charge >= 0.3 is 0 Å². The molecule has 1 aliphatic carbocycles. The van der Waals surface area contributed by atoms with E-state index in [2.05, 4.69) is 36.5 Å². The van der Waals surface area contributed by atoms with Crippen LogP contribution < -0.4 is 5.32 Å². The first-order valence-corrected chi connectivity index (χ1v) is 7.87. The summed E-state index contributed by atoms with van der Waals surface area (Å²) in [6, 6.07) is 14.3. The van der Waals surface area contributed by atoms with E-state index in [9.17, 15) is 4.39 Å². The molecule has 0 radical (unpaired) electrons. The first-order chi connectivity index (χ1) is 10.3. The summed E-state index contributed by atoms with van der Waals surface area (Å²) in [4.78, 5) is 0. The van der Waals surface area contributed by atoms with Crippen molar-refractivity contribution >= 4 is 0 Å². The van der Waals surface area contributed by atoms with Gasteiger partial charge in [-0.05, 0) is 53.6 Å². The van der Waals surface area contributed by atoms with Gasteiger partial charge in [0, 0.05) is 12.6 Å². The summed E-state index contributed by atoms with van der Waals surface area (Å²) in [6.07, 6.45) is 4.78. The van der Waals surface area contributed by atoms with Crippen LogP contribution in [0.2, 0.25) is 0 Å². The minimum absolute atomic E-state index is 0.169. The van der Waals surface area contributed by atoms with E-state index in [-0.39, 0.29) is 5.82 Å². The maximum absolute atomic E-state index is 13.6. The van der Waals surface area contributed by atoms with Crippen LogP contribution in [0.25, 0.3) is 11.1 Å². The highest BCUT2D eigenvalue weighted by Gasteiger charge is 2.20. The lowest BCUT2D eigenvalue weighted by Crippen LogP contribution is -2.15. The lowest BCUT2D eigenvalue weighted by molar-refractivity contribution is 0.625. The van der Waals surface area contributed by atoms with E-state index < -0.39 is 0 Å². The number of hydrogen-bond acceptors (Lipinski definition) is 1. The fourth-order valence-corrected chi connectivity index (χ4v) is 2.65. The van der Waals surface area contributed by atoms with Crippen LogP contribution in [-0.2, 0) is 13.0 Å². The van der Waals surface area contributed by atoms with Crippen molar-refractivity contribution in [3.63, 3.8) is 0 Å². The Kier molecular flexibility index (Phi) is 4.35. The molecule has 1 N–H and O–H groups in total. The number of aryl methyl sites for hydroxylation is 1. The molecule has 0 saturated heterocycles. The van der Waals surface area contributed by atoms with Crippen molar-refractivity contribution in [1.29, 1.82) is 0 Å². The molecular weight excluding hydrogens is 261 g/mol. The van der Waals surface area contributed by atoms with Crippen molar-refractivity contribution in [2.75, 3.05) is 0 Å². The second-order valence-electron chi connectivity index (χ2n) is 5.90. The molecule has 0 aromatic heterocycles. The van der Waals surface area contributed by atoms with E-state index in [0.29, 0.717) is 6.04 Å². The Bertz CT molecular complexity index is 599. The zero-order valence-corrected chi connectivity index (χ0v) is 12.5. The van der Waals surface area contributed by atoms with Crippen LogP contribution in [0.3, 0.4) is 0 Å². The Hall–Kier alpha value is -1.67. The van der Waals surface area contributed by atoms with E-state index in [1.165, 1.54) is 24.0 Å². The molecule has 2 aromatic carbocycles. The molecule has 0 heterocycles. The highest BCUT2D eigenvalue weighted by molar-refractivity contribution is 5.67. The normalized spacial score (nSPS) is 14.4. The van der Waals surface area contributed by atoms with Gasteiger partial charge in [-0.25, -0.2) is 4.39 Å². The standard InChI is InChI=1S/C19H22FN/c1-2-3-14-4-6-15(7-5-14)19-12-17(20)9-8-16(19)13-21-18-10-11-18/h4-9,12,18,21H,2-3,10-11,13H2,1H3. The Morgan fingerprint density at radius 3 is 2.52 bits per heavy atom. The molecule has 0 spiro atoms. The van der Waals surface area contributed by atoms with Crippen molar-refractivity contribution in [2.24, 2.45) is 0 Å². The molecule has 1 saturated carbocycles. The van der Waals surface area contributed by atoms with Gasteiger partial charge in [0.1, 0.15) is 5.82 Å². The number of nitrogens with one attached hydrogen (secondary N) is 1. The fourth-order valence-electron chi connectivity index (χ4n) is 2.65. The van der Waals surface area contributed by atoms with Gasteiger partial charge in [-0.3, -0.25) is 0 Å². The molecule has 21 heavy (non-hydrogen) atoms. The van der Waals surface area contributed by atoms with Crippen LogP contribution >= 0.6 is 0 Å². The number of benzene rings is 2. The van der Waals surface area contributed by atoms with Crippen LogP contribution in [0.4, 0.5) is 4.39 Å². The molecule has 0 aliphatic heterocycles. The molecule has 0 atom stereocenters. The van der Waals surface area contributed by atoms with Crippen molar-refractivity contribution in [3.05, 3.63) is 59.4 Å². The molecule has 0 unspecified atom stereocenters. The van der Waals surface area contributed by atoms with E-state index in [1.54, 1.807) is 12.1 Å². The molecule has 0 amide bonds. The summed E-state index contributed by atoms with van der Waals surface area (Å²) in [7, 11) is 0. The van der Waals surface area contributed by atoms with Gasteiger partial charge in [0.2, 0.25) is 0 Å². The molecular formula is C19H22FN. The largest absolute Gasteiger partial charge is 0.310 e. The molecule has 2 heteroatoms. The zero-order chi connectivity index (χ0) is 14.7. The lowest BCUT2D eigenvalue weighted by atomic mass is 9.97. The summed E-state index contributed by atoms with van der Waals surface area (Å²) in [6.45, 7) is 3.00. The fraction of sp³-hybridized carbons (Fsp3) is 0.368. The number of hydrogen-bond donors (Lipinski definition) is 1. The third-order valence-electron chi connectivity index (χ3n) is 4.03. The van der Waals surface area contributed by atoms with Gasteiger partial charge in [-0.1, -0.05) is 43.7 Å². The van der Waals surface area contributed by atoms with Crippen LogP contribution in [0.5, 0.6) is 0 Å². The third kappa shape index (κ3) is 3.70. The summed E-state index contributed by atoms with van der Waals surface area (Å²) in [5.41, 5.74) is 4.62. The van der Waals surface area contributed by atoms with Gasteiger partial charge in [0.15, 0.2) is 0 Å². The summed E-state index contributed by atoms with van der Waals surface area (Å²) >= 11 is 0. The van der Waals surface area contributed by atoms with Crippen molar-refractivity contribution in [3.8, 4) is 11.1 Å². The molecule has 0 bridgehead atoms. The van der Waals surface area contributed by atoms with Crippen LogP contribution in [-0.4, -0.2) is 6.04 Å². The number of halogens is 1. The average molecular weight is 283 g/mol. The minimum Gasteiger partial charge on any atom is -0.310 e. The van der Waals surface area contributed by atoms with Gasteiger partial charge in [0.25, 0.3) is 0 Å². The lowest BCUT2D eigenvalue weighted by Gasteiger charge is -2.11. The predicted molar refractivity (Wildman–Crippen MR) is 85.7 cm³/mol. The molecule has 2 aromatic rings. The second-order valence-corrected chi connectivity index (χ2v) is 5.90. The molecule has 3 rings (SSSR count). The number of rotatable bonds is 6. The SMILES string of the molecule is CCCc1ccc(-c2cc(F)ccc2CNC2CC2)cc1. The van der Waals surface area contributed by atoms with Crippen LogP contribution in [0.15, 0.2) is 42.5 Å². The predicted octanol–water partition coefficient (Wildman–Crippen LogP) is 4.70. The van der Waals surface area contributed by atoms with E-state index in [0.717, 1.165) is 30.5 Å². The first kappa shape index (κ1) is 14.3. The van der Waals surface area contributed by atoms with Gasteiger partial charge in [0.05, 0.1) is 0 Å². The summed E-state index contributed by atoms with van der Waals surface area (Å²) in [5.74, 6) is -0.169. The molecule has 1 nitrogen and oxygen atoms in total. The second kappa shape index (κ2) is 6.40.